The highest BCUT2D eigenvalue weighted by molar-refractivity contribution is 6.49. The zero-order valence-electron chi connectivity index (χ0n) is 8.53. The summed E-state index contributed by atoms with van der Waals surface area (Å²) in [6.45, 7) is 0. The number of fused-ring (bicyclic) bond motifs is 1. The van der Waals surface area contributed by atoms with E-state index in [-0.39, 0.29) is 0 Å². The van der Waals surface area contributed by atoms with Crippen molar-refractivity contribution in [2.75, 3.05) is 0 Å². The minimum Gasteiger partial charge on any atom is -0.642 e. The fourth-order valence-corrected chi connectivity index (χ4v) is 2.27. The van der Waals surface area contributed by atoms with E-state index in [4.69, 9.17) is 3.79 Å². The van der Waals surface area contributed by atoms with Crippen molar-refractivity contribution < 1.29 is 3.79 Å². The number of rotatable bonds is 2. The van der Waals surface area contributed by atoms with Crippen molar-refractivity contribution in [1.82, 2.24) is 0 Å². The number of hydrogen-bond donors (Lipinski definition) is 0. The summed E-state index contributed by atoms with van der Waals surface area (Å²) in [5.41, 5.74) is 0. The van der Waals surface area contributed by atoms with Crippen LogP contribution in [0.4, 0.5) is 0 Å². The lowest BCUT2D eigenvalue weighted by Crippen LogP contribution is -2.11. The van der Waals surface area contributed by atoms with Crippen molar-refractivity contribution in [3.8, 4) is 5.75 Å². The fraction of sp³-hybridized carbons (Fsp3) is 0.167. The highest BCUT2D eigenvalue weighted by atomic mass is 27.2. The SMILES string of the molecule is [CH3][Al]([CH3])[O]c1cccc2ccccc12. The van der Waals surface area contributed by atoms with Crippen LogP contribution in [0.1, 0.15) is 0 Å². The Bertz CT molecular complexity index is 432. The van der Waals surface area contributed by atoms with Crippen LogP contribution in [0.5, 0.6) is 5.75 Å². The standard InChI is InChI=1S/C10H8O.2CH3.Al/c11-10-7-3-5-8-4-1-2-6-9(8)10;;;/h1-7,11H;2*1H3;/q;;;+1/p-1. The van der Waals surface area contributed by atoms with Crippen LogP contribution in [-0.2, 0) is 0 Å². The lowest BCUT2D eigenvalue weighted by atomic mass is 10.1. The van der Waals surface area contributed by atoms with Crippen molar-refractivity contribution in [3.05, 3.63) is 42.5 Å². The van der Waals surface area contributed by atoms with Gasteiger partial charge < -0.3 is 3.79 Å². The lowest BCUT2D eigenvalue weighted by molar-refractivity contribution is 0.587. The Kier molecular flexibility index (Phi) is 2.77. The van der Waals surface area contributed by atoms with Gasteiger partial charge in [-0.15, -0.1) is 0 Å². The molecule has 0 aliphatic rings. The van der Waals surface area contributed by atoms with Crippen LogP contribution in [0, 0.1) is 0 Å². The second kappa shape index (κ2) is 4.04. The Morgan fingerprint density at radius 2 is 1.64 bits per heavy atom. The second-order valence-corrected chi connectivity index (χ2v) is 5.98. The monoisotopic (exact) mass is 200 g/mol. The molecule has 0 N–H and O–H groups in total. The first-order valence-corrected chi connectivity index (χ1v) is 7.70. The van der Waals surface area contributed by atoms with Crippen LogP contribution in [0.2, 0.25) is 11.6 Å². The molecule has 2 heteroatoms. The van der Waals surface area contributed by atoms with Gasteiger partial charge in [0.15, 0.2) is 0 Å². The number of hydrogen-bond acceptors (Lipinski definition) is 1. The first-order chi connectivity index (χ1) is 6.77. The van der Waals surface area contributed by atoms with Gasteiger partial charge in [-0.05, 0) is 11.5 Å². The van der Waals surface area contributed by atoms with Crippen LogP contribution in [-0.4, -0.2) is 14.5 Å². The second-order valence-electron chi connectivity index (χ2n) is 3.64. The van der Waals surface area contributed by atoms with Crippen LogP contribution < -0.4 is 3.79 Å². The first-order valence-electron chi connectivity index (χ1n) is 4.92. The van der Waals surface area contributed by atoms with Gasteiger partial charge in [-0.1, -0.05) is 48.0 Å². The fourth-order valence-electron chi connectivity index (χ4n) is 1.55. The Balaban J connectivity index is 2.53. The van der Waals surface area contributed by atoms with Crippen molar-refractivity contribution in [1.29, 1.82) is 0 Å². The topological polar surface area (TPSA) is 9.23 Å². The maximum atomic E-state index is 5.87. The van der Waals surface area contributed by atoms with E-state index < -0.39 is 14.5 Å². The van der Waals surface area contributed by atoms with E-state index >= 15 is 0 Å². The van der Waals surface area contributed by atoms with Gasteiger partial charge >= 0.3 is 14.5 Å². The number of benzene rings is 2. The van der Waals surface area contributed by atoms with Crippen LogP contribution in [0.3, 0.4) is 0 Å². The molecule has 0 aromatic heterocycles. The zero-order chi connectivity index (χ0) is 9.97. The molecule has 0 atom stereocenters. The highest BCUT2D eigenvalue weighted by Gasteiger charge is 2.08. The largest absolute Gasteiger partial charge is 0.642 e. The van der Waals surface area contributed by atoms with Gasteiger partial charge in [-0.2, -0.15) is 0 Å². The van der Waals surface area contributed by atoms with Gasteiger partial charge in [0.05, 0.1) is 5.75 Å². The summed E-state index contributed by atoms with van der Waals surface area (Å²) in [5.74, 6) is 5.40. The molecule has 70 valence electrons. The molecule has 1 nitrogen and oxygen atoms in total. The van der Waals surface area contributed by atoms with Crippen molar-refractivity contribution in [3.63, 3.8) is 0 Å². The summed E-state index contributed by atoms with van der Waals surface area (Å²) in [4.78, 5) is 0. The van der Waals surface area contributed by atoms with E-state index in [1.165, 1.54) is 10.8 Å². The summed E-state index contributed by atoms with van der Waals surface area (Å²) < 4.78 is 5.87. The summed E-state index contributed by atoms with van der Waals surface area (Å²) in [6, 6.07) is 14.6. The normalized spacial score (nSPS) is 10.1. The molecule has 0 fully saturated rings. The lowest BCUT2D eigenvalue weighted by Gasteiger charge is -2.11. The average Bonchev–Trinajstić information content (AvgIpc) is 2.18. The molecule has 2 aromatic rings. The molecule has 0 radical (unpaired) electrons. The van der Waals surface area contributed by atoms with Crippen molar-refractivity contribution in [2.45, 2.75) is 11.6 Å². The Labute approximate surface area is 89.0 Å². The van der Waals surface area contributed by atoms with Crippen LogP contribution in [0.15, 0.2) is 42.5 Å². The molecule has 0 saturated carbocycles. The van der Waals surface area contributed by atoms with E-state index in [0.29, 0.717) is 0 Å². The molecule has 2 rings (SSSR count). The van der Waals surface area contributed by atoms with Gasteiger partial charge in [-0.25, -0.2) is 0 Å². The Morgan fingerprint density at radius 3 is 2.43 bits per heavy atom. The van der Waals surface area contributed by atoms with E-state index in [1.54, 1.807) is 0 Å². The van der Waals surface area contributed by atoms with Crippen molar-refractivity contribution in [2.24, 2.45) is 0 Å². The maximum absolute atomic E-state index is 5.87. The molecule has 0 unspecified atom stereocenters. The van der Waals surface area contributed by atoms with Crippen LogP contribution >= 0.6 is 0 Å². The van der Waals surface area contributed by atoms with E-state index in [9.17, 15) is 0 Å². The van der Waals surface area contributed by atoms with Gasteiger partial charge in [-0.3, -0.25) is 0 Å². The minimum atomic E-state index is -1.00. The summed E-state index contributed by atoms with van der Waals surface area (Å²) in [6.07, 6.45) is 0. The molecule has 0 saturated heterocycles. The molecule has 2 aromatic carbocycles. The van der Waals surface area contributed by atoms with E-state index in [2.05, 4.69) is 54.0 Å². The molecule has 0 bridgehead atoms. The smallest absolute Gasteiger partial charge is 0.540 e. The van der Waals surface area contributed by atoms with Gasteiger partial charge in [0.1, 0.15) is 0 Å². The van der Waals surface area contributed by atoms with E-state index in [1.807, 2.05) is 0 Å². The third-order valence-electron chi connectivity index (χ3n) is 2.11. The summed E-state index contributed by atoms with van der Waals surface area (Å²) >= 11 is -1.00. The molecular weight excluding hydrogens is 187 g/mol. The highest BCUT2D eigenvalue weighted by Crippen LogP contribution is 2.25. The molecule has 0 aliphatic heterocycles. The zero-order valence-corrected chi connectivity index (χ0v) is 9.68. The molecule has 14 heavy (non-hydrogen) atoms. The third kappa shape index (κ3) is 1.92. The molecule has 0 heterocycles. The van der Waals surface area contributed by atoms with Gasteiger partial charge in [0, 0.05) is 5.39 Å². The Hall–Kier alpha value is -0.968. The van der Waals surface area contributed by atoms with Gasteiger partial charge in [0.25, 0.3) is 0 Å². The predicted octanol–water partition coefficient (Wildman–Crippen LogP) is 3.47. The molecule has 0 amide bonds. The minimum absolute atomic E-state index is 1.00. The quantitative estimate of drug-likeness (QED) is 0.674. The first kappa shape index (κ1) is 9.58. The van der Waals surface area contributed by atoms with E-state index in [0.717, 1.165) is 5.75 Å². The molecule has 0 spiro atoms. The third-order valence-corrected chi connectivity index (χ3v) is 2.84. The maximum Gasteiger partial charge on any atom is 0.540 e. The predicted molar refractivity (Wildman–Crippen MR) is 62.1 cm³/mol. The van der Waals surface area contributed by atoms with Crippen LogP contribution in [0.25, 0.3) is 10.8 Å². The van der Waals surface area contributed by atoms with Crippen molar-refractivity contribution >= 4 is 25.3 Å². The van der Waals surface area contributed by atoms with Gasteiger partial charge in [0.2, 0.25) is 0 Å². The molecule has 0 aliphatic carbocycles. The Morgan fingerprint density at radius 1 is 0.929 bits per heavy atom. The average molecular weight is 200 g/mol. The molecular formula is C12H13AlO. The summed E-state index contributed by atoms with van der Waals surface area (Å²) in [7, 11) is 0. The summed E-state index contributed by atoms with van der Waals surface area (Å²) in [5, 5.41) is 2.47.